The van der Waals surface area contributed by atoms with Gasteiger partial charge in [0.25, 0.3) is 5.91 Å². The number of hydrogen-bond acceptors (Lipinski definition) is 3. The number of amides is 1. The maximum atomic E-state index is 11.9. The van der Waals surface area contributed by atoms with E-state index in [0.717, 1.165) is 10.8 Å². The Morgan fingerprint density at radius 1 is 1.10 bits per heavy atom. The summed E-state index contributed by atoms with van der Waals surface area (Å²) in [6.07, 6.45) is -1.47. The van der Waals surface area contributed by atoms with Gasteiger partial charge in [-0.1, -0.05) is 30.3 Å². The average Bonchev–Trinajstić information content (AvgIpc) is 2.46. The van der Waals surface area contributed by atoms with Crippen LogP contribution in [0.15, 0.2) is 42.5 Å². The predicted molar refractivity (Wildman–Crippen MR) is 74.5 cm³/mol. The summed E-state index contributed by atoms with van der Waals surface area (Å²) in [7, 11) is 0. The van der Waals surface area contributed by atoms with E-state index in [1.807, 2.05) is 30.3 Å². The van der Waals surface area contributed by atoms with E-state index >= 15 is 0 Å². The lowest BCUT2D eigenvalue weighted by Crippen LogP contribution is -2.30. The molecule has 0 aromatic heterocycles. The maximum Gasteiger partial charge on any atom is 0.332 e. The maximum absolute atomic E-state index is 11.9. The Hall–Kier alpha value is -2.40. The molecule has 0 aliphatic carbocycles. The second-order valence-electron chi connectivity index (χ2n) is 4.46. The minimum atomic E-state index is -1.45. The molecule has 2 aromatic rings. The van der Waals surface area contributed by atoms with Gasteiger partial charge in [0.05, 0.1) is 0 Å². The van der Waals surface area contributed by atoms with Crippen molar-refractivity contribution >= 4 is 22.6 Å². The number of carbonyl (C=O) groups excluding carboxylic acids is 1. The van der Waals surface area contributed by atoms with Crippen LogP contribution >= 0.6 is 0 Å². The third-order valence-corrected chi connectivity index (χ3v) is 3.00. The molecule has 5 heteroatoms. The van der Waals surface area contributed by atoms with Crippen molar-refractivity contribution in [2.24, 2.45) is 0 Å². The first kappa shape index (κ1) is 14.0. The molecule has 0 heterocycles. The predicted octanol–water partition coefficient (Wildman–Crippen LogP) is 1.41. The Labute approximate surface area is 115 Å². The van der Waals surface area contributed by atoms with Gasteiger partial charge in [-0.25, -0.2) is 4.79 Å². The summed E-state index contributed by atoms with van der Waals surface area (Å²) in [5.74, 6) is -1.57. The summed E-state index contributed by atoms with van der Waals surface area (Å²) < 4.78 is 0. The lowest BCUT2D eigenvalue weighted by molar-refractivity contribution is -0.146. The topological polar surface area (TPSA) is 86.6 Å². The van der Waals surface area contributed by atoms with Crippen molar-refractivity contribution in [3.63, 3.8) is 0 Å². The summed E-state index contributed by atoms with van der Waals surface area (Å²) in [6, 6.07) is 13.0. The summed E-state index contributed by atoms with van der Waals surface area (Å²) in [6.45, 7) is 0.110. The number of aliphatic carboxylic acids is 1. The van der Waals surface area contributed by atoms with Crippen molar-refractivity contribution < 1.29 is 19.8 Å². The fourth-order valence-electron chi connectivity index (χ4n) is 1.88. The van der Waals surface area contributed by atoms with Crippen LogP contribution in [-0.2, 0) is 4.79 Å². The summed E-state index contributed by atoms with van der Waals surface area (Å²) in [4.78, 5) is 22.3. The Morgan fingerprint density at radius 3 is 2.50 bits per heavy atom. The first-order chi connectivity index (χ1) is 9.58. The summed E-state index contributed by atoms with van der Waals surface area (Å²) in [5.41, 5.74) is 0.508. The van der Waals surface area contributed by atoms with E-state index in [1.165, 1.54) is 0 Å². The SMILES string of the molecule is O=C(NCCC(O)C(=O)O)c1ccc2ccccc2c1. The second-order valence-corrected chi connectivity index (χ2v) is 4.46. The Balaban J connectivity index is 1.99. The van der Waals surface area contributed by atoms with Crippen molar-refractivity contribution in [3.8, 4) is 0 Å². The van der Waals surface area contributed by atoms with Gasteiger partial charge in [-0.2, -0.15) is 0 Å². The minimum Gasteiger partial charge on any atom is -0.479 e. The number of aliphatic hydroxyl groups is 1. The fourth-order valence-corrected chi connectivity index (χ4v) is 1.88. The van der Waals surface area contributed by atoms with Crippen LogP contribution in [0.3, 0.4) is 0 Å². The van der Waals surface area contributed by atoms with Crippen molar-refractivity contribution in [1.82, 2.24) is 5.32 Å². The number of rotatable bonds is 5. The highest BCUT2D eigenvalue weighted by molar-refractivity contribution is 5.98. The first-order valence-corrected chi connectivity index (χ1v) is 6.26. The number of benzene rings is 2. The molecule has 0 saturated heterocycles. The normalized spacial score (nSPS) is 12.1. The van der Waals surface area contributed by atoms with Gasteiger partial charge in [-0.05, 0) is 22.9 Å². The van der Waals surface area contributed by atoms with Gasteiger partial charge < -0.3 is 15.5 Å². The lowest BCUT2D eigenvalue weighted by atomic mass is 10.1. The molecule has 0 radical (unpaired) electrons. The number of nitrogens with one attached hydrogen (secondary N) is 1. The molecule has 1 amide bonds. The molecule has 0 aliphatic rings. The molecule has 5 nitrogen and oxygen atoms in total. The molecule has 0 fully saturated rings. The minimum absolute atomic E-state index is 0.0192. The van der Waals surface area contributed by atoms with E-state index in [-0.39, 0.29) is 18.9 Å². The third kappa shape index (κ3) is 3.33. The van der Waals surface area contributed by atoms with Crippen LogP contribution < -0.4 is 5.32 Å². The van der Waals surface area contributed by atoms with Crippen LogP contribution in [-0.4, -0.2) is 34.7 Å². The molecule has 0 spiro atoms. The Bertz CT molecular complexity index is 639. The van der Waals surface area contributed by atoms with Crippen molar-refractivity contribution in [1.29, 1.82) is 0 Å². The third-order valence-electron chi connectivity index (χ3n) is 3.00. The molecular weight excluding hydrogens is 258 g/mol. The van der Waals surface area contributed by atoms with E-state index in [4.69, 9.17) is 10.2 Å². The molecule has 0 saturated carbocycles. The van der Waals surface area contributed by atoms with E-state index < -0.39 is 12.1 Å². The molecule has 104 valence electrons. The van der Waals surface area contributed by atoms with E-state index in [0.29, 0.717) is 5.56 Å². The molecule has 3 N–H and O–H groups in total. The highest BCUT2D eigenvalue weighted by Gasteiger charge is 2.13. The summed E-state index contributed by atoms with van der Waals surface area (Å²) in [5, 5.41) is 22.2. The highest BCUT2D eigenvalue weighted by Crippen LogP contribution is 2.15. The van der Waals surface area contributed by atoms with Crippen molar-refractivity contribution in [2.75, 3.05) is 6.54 Å². The van der Waals surface area contributed by atoms with Crippen LogP contribution in [0.2, 0.25) is 0 Å². The summed E-state index contributed by atoms with van der Waals surface area (Å²) >= 11 is 0. The number of carboxylic acids is 1. The monoisotopic (exact) mass is 273 g/mol. The average molecular weight is 273 g/mol. The van der Waals surface area contributed by atoms with Gasteiger partial charge in [0.15, 0.2) is 6.10 Å². The van der Waals surface area contributed by atoms with Gasteiger partial charge in [-0.3, -0.25) is 4.79 Å². The largest absolute Gasteiger partial charge is 0.479 e. The lowest BCUT2D eigenvalue weighted by Gasteiger charge is -2.08. The van der Waals surface area contributed by atoms with Gasteiger partial charge in [0.2, 0.25) is 0 Å². The van der Waals surface area contributed by atoms with Gasteiger partial charge >= 0.3 is 5.97 Å². The van der Waals surface area contributed by atoms with Crippen LogP contribution in [0.1, 0.15) is 16.8 Å². The zero-order valence-electron chi connectivity index (χ0n) is 10.7. The highest BCUT2D eigenvalue weighted by atomic mass is 16.4. The fraction of sp³-hybridized carbons (Fsp3) is 0.200. The van der Waals surface area contributed by atoms with E-state index in [1.54, 1.807) is 12.1 Å². The van der Waals surface area contributed by atoms with Crippen molar-refractivity contribution in [3.05, 3.63) is 48.0 Å². The standard InChI is InChI=1S/C15H15NO4/c17-13(15(19)20)7-8-16-14(18)12-6-5-10-3-1-2-4-11(10)9-12/h1-6,9,13,17H,7-8H2,(H,16,18)(H,19,20). The van der Waals surface area contributed by atoms with Gasteiger partial charge in [-0.15, -0.1) is 0 Å². The molecule has 20 heavy (non-hydrogen) atoms. The smallest absolute Gasteiger partial charge is 0.332 e. The number of carboxylic acid groups (broad SMARTS) is 1. The van der Waals surface area contributed by atoms with Crippen LogP contribution in [0.5, 0.6) is 0 Å². The van der Waals surface area contributed by atoms with Crippen LogP contribution in [0, 0.1) is 0 Å². The van der Waals surface area contributed by atoms with Crippen LogP contribution in [0.25, 0.3) is 10.8 Å². The molecule has 1 unspecified atom stereocenters. The number of fused-ring (bicyclic) bond motifs is 1. The zero-order valence-corrected chi connectivity index (χ0v) is 10.7. The molecule has 2 aromatic carbocycles. The van der Waals surface area contributed by atoms with E-state index in [9.17, 15) is 9.59 Å². The second kappa shape index (κ2) is 6.16. The quantitative estimate of drug-likeness (QED) is 0.768. The molecule has 0 bridgehead atoms. The van der Waals surface area contributed by atoms with Gasteiger partial charge in [0.1, 0.15) is 0 Å². The number of carbonyl (C=O) groups is 2. The molecule has 0 aliphatic heterocycles. The molecule has 1 atom stereocenters. The van der Waals surface area contributed by atoms with Gasteiger partial charge in [0, 0.05) is 18.5 Å². The van der Waals surface area contributed by atoms with E-state index in [2.05, 4.69) is 5.32 Å². The van der Waals surface area contributed by atoms with Crippen LogP contribution in [0.4, 0.5) is 0 Å². The zero-order chi connectivity index (χ0) is 14.5. The Kier molecular flexibility index (Phi) is 4.32. The molecule has 2 rings (SSSR count). The Morgan fingerprint density at radius 2 is 1.80 bits per heavy atom. The first-order valence-electron chi connectivity index (χ1n) is 6.26. The van der Waals surface area contributed by atoms with Crippen molar-refractivity contribution in [2.45, 2.75) is 12.5 Å². The number of aliphatic hydroxyl groups excluding tert-OH is 1. The number of hydrogen-bond donors (Lipinski definition) is 3. The molecular formula is C15H15NO4.